The maximum atomic E-state index is 5.62. The molecule has 2 heterocycles. The summed E-state index contributed by atoms with van der Waals surface area (Å²) in [6.07, 6.45) is 2.05. The molecule has 2 N–H and O–H groups in total. The zero-order valence-electron chi connectivity index (χ0n) is 8.78. The van der Waals surface area contributed by atoms with Crippen LogP contribution >= 0.6 is 0 Å². The van der Waals surface area contributed by atoms with E-state index in [1.165, 1.54) is 0 Å². The molecule has 0 bridgehead atoms. The number of fused-ring (bicyclic) bond motifs is 1. The SMILES string of the molecule is CC(C)(C)n1ccc2nc(N)ccc21. The van der Waals surface area contributed by atoms with Gasteiger partial charge in [0, 0.05) is 11.7 Å². The van der Waals surface area contributed by atoms with Gasteiger partial charge in [-0.05, 0) is 39.0 Å². The largest absolute Gasteiger partial charge is 0.384 e. The van der Waals surface area contributed by atoms with Crippen LogP contribution in [0.3, 0.4) is 0 Å². The van der Waals surface area contributed by atoms with Gasteiger partial charge in [-0.15, -0.1) is 0 Å². The van der Waals surface area contributed by atoms with Gasteiger partial charge in [0.15, 0.2) is 0 Å². The van der Waals surface area contributed by atoms with E-state index in [0.29, 0.717) is 5.82 Å². The van der Waals surface area contributed by atoms with Gasteiger partial charge in [0.2, 0.25) is 0 Å². The van der Waals surface area contributed by atoms with Crippen LogP contribution in [0.1, 0.15) is 20.8 Å². The Hall–Kier alpha value is -1.51. The lowest BCUT2D eigenvalue weighted by Crippen LogP contribution is -2.20. The zero-order valence-corrected chi connectivity index (χ0v) is 8.78. The molecule has 0 radical (unpaired) electrons. The number of nitrogens with two attached hydrogens (primary N) is 1. The standard InChI is InChI=1S/C11H15N3/c1-11(2,3)14-7-6-8-9(14)4-5-10(12)13-8/h4-7H,1-3H3,(H2,12,13). The van der Waals surface area contributed by atoms with Crippen LogP contribution in [-0.4, -0.2) is 9.55 Å². The average molecular weight is 189 g/mol. The van der Waals surface area contributed by atoms with Crippen LogP contribution in [0.15, 0.2) is 24.4 Å². The average Bonchev–Trinajstić information content (AvgIpc) is 2.45. The van der Waals surface area contributed by atoms with Crippen LogP contribution in [-0.2, 0) is 5.54 Å². The Morgan fingerprint density at radius 2 is 1.93 bits per heavy atom. The number of aromatic nitrogens is 2. The monoisotopic (exact) mass is 189 g/mol. The number of anilines is 1. The number of hydrogen-bond acceptors (Lipinski definition) is 2. The second kappa shape index (κ2) is 2.74. The van der Waals surface area contributed by atoms with Gasteiger partial charge in [0.25, 0.3) is 0 Å². The predicted octanol–water partition coefficient (Wildman–Crippen LogP) is 2.37. The van der Waals surface area contributed by atoms with Gasteiger partial charge in [-0.3, -0.25) is 0 Å². The summed E-state index contributed by atoms with van der Waals surface area (Å²) in [7, 11) is 0. The summed E-state index contributed by atoms with van der Waals surface area (Å²) in [6.45, 7) is 6.51. The molecule has 3 heteroatoms. The lowest BCUT2D eigenvalue weighted by molar-refractivity contribution is 0.411. The van der Waals surface area contributed by atoms with E-state index in [0.717, 1.165) is 11.0 Å². The molecule has 0 aliphatic rings. The molecule has 2 aromatic rings. The highest BCUT2D eigenvalue weighted by molar-refractivity contribution is 5.77. The smallest absolute Gasteiger partial charge is 0.124 e. The van der Waals surface area contributed by atoms with Gasteiger partial charge in [0.05, 0.1) is 11.0 Å². The maximum Gasteiger partial charge on any atom is 0.124 e. The molecule has 3 nitrogen and oxygen atoms in total. The van der Waals surface area contributed by atoms with Crippen LogP contribution in [0.25, 0.3) is 11.0 Å². The van der Waals surface area contributed by atoms with Crippen molar-refractivity contribution in [2.45, 2.75) is 26.3 Å². The number of nitrogen functional groups attached to an aromatic ring is 1. The Labute approximate surface area is 83.6 Å². The Morgan fingerprint density at radius 3 is 2.57 bits per heavy atom. The first kappa shape index (κ1) is 9.06. The van der Waals surface area contributed by atoms with Crippen molar-refractivity contribution in [2.24, 2.45) is 0 Å². The van der Waals surface area contributed by atoms with Crippen LogP contribution in [0.4, 0.5) is 5.82 Å². The summed E-state index contributed by atoms with van der Waals surface area (Å²) in [5, 5.41) is 0. The van der Waals surface area contributed by atoms with Crippen molar-refractivity contribution in [3.63, 3.8) is 0 Å². The Kier molecular flexibility index (Phi) is 1.77. The first-order chi connectivity index (χ1) is 6.48. The maximum absolute atomic E-state index is 5.62. The molecule has 2 rings (SSSR count). The van der Waals surface area contributed by atoms with Crippen molar-refractivity contribution in [1.29, 1.82) is 0 Å². The number of nitrogens with zero attached hydrogens (tertiary/aromatic N) is 2. The van der Waals surface area contributed by atoms with Crippen molar-refractivity contribution >= 4 is 16.9 Å². The van der Waals surface area contributed by atoms with E-state index >= 15 is 0 Å². The van der Waals surface area contributed by atoms with E-state index in [4.69, 9.17) is 5.73 Å². The van der Waals surface area contributed by atoms with E-state index in [9.17, 15) is 0 Å². The van der Waals surface area contributed by atoms with Crippen LogP contribution in [0.2, 0.25) is 0 Å². The molecule has 2 aromatic heterocycles. The predicted molar refractivity (Wildman–Crippen MR) is 59.1 cm³/mol. The van der Waals surface area contributed by atoms with Gasteiger partial charge >= 0.3 is 0 Å². The molecule has 0 aromatic carbocycles. The minimum Gasteiger partial charge on any atom is -0.384 e. The molecule has 0 fully saturated rings. The molecule has 74 valence electrons. The summed E-state index contributed by atoms with van der Waals surface area (Å²) < 4.78 is 2.20. The first-order valence-corrected chi connectivity index (χ1v) is 4.72. The number of hydrogen-bond donors (Lipinski definition) is 1. The van der Waals surface area contributed by atoms with E-state index in [1.54, 1.807) is 0 Å². The van der Waals surface area contributed by atoms with Crippen molar-refractivity contribution in [3.8, 4) is 0 Å². The van der Waals surface area contributed by atoms with Crippen molar-refractivity contribution in [3.05, 3.63) is 24.4 Å². The molecule has 0 atom stereocenters. The highest BCUT2D eigenvalue weighted by atomic mass is 15.0. The minimum absolute atomic E-state index is 0.0829. The molecule has 0 aliphatic carbocycles. The summed E-state index contributed by atoms with van der Waals surface area (Å²) >= 11 is 0. The lowest BCUT2D eigenvalue weighted by atomic mass is 10.1. The fourth-order valence-corrected chi connectivity index (χ4v) is 1.62. The third-order valence-corrected chi connectivity index (χ3v) is 2.29. The fraction of sp³-hybridized carbons (Fsp3) is 0.364. The molecule has 0 spiro atoms. The van der Waals surface area contributed by atoms with Crippen LogP contribution < -0.4 is 5.73 Å². The highest BCUT2D eigenvalue weighted by Gasteiger charge is 2.15. The van der Waals surface area contributed by atoms with Gasteiger partial charge in [-0.1, -0.05) is 0 Å². The lowest BCUT2D eigenvalue weighted by Gasteiger charge is -2.22. The van der Waals surface area contributed by atoms with Crippen molar-refractivity contribution in [2.75, 3.05) is 5.73 Å². The van der Waals surface area contributed by atoms with Crippen LogP contribution in [0, 0.1) is 0 Å². The van der Waals surface area contributed by atoms with E-state index in [2.05, 4.69) is 36.5 Å². The van der Waals surface area contributed by atoms with E-state index < -0.39 is 0 Å². The van der Waals surface area contributed by atoms with Crippen molar-refractivity contribution in [1.82, 2.24) is 9.55 Å². The van der Waals surface area contributed by atoms with Gasteiger partial charge in [-0.2, -0.15) is 0 Å². The number of pyridine rings is 1. The molecule has 0 unspecified atom stereocenters. The zero-order chi connectivity index (χ0) is 10.3. The Bertz CT molecular complexity index is 463. The molecular weight excluding hydrogens is 174 g/mol. The Balaban J connectivity index is 2.70. The number of rotatable bonds is 0. The summed E-state index contributed by atoms with van der Waals surface area (Å²) in [6, 6.07) is 5.85. The van der Waals surface area contributed by atoms with Gasteiger partial charge in [-0.25, -0.2) is 4.98 Å². The second-order valence-electron chi connectivity index (χ2n) is 4.50. The quantitative estimate of drug-likeness (QED) is 0.691. The van der Waals surface area contributed by atoms with Crippen molar-refractivity contribution < 1.29 is 0 Å². The second-order valence-corrected chi connectivity index (χ2v) is 4.50. The van der Waals surface area contributed by atoms with E-state index in [-0.39, 0.29) is 5.54 Å². The summed E-state index contributed by atoms with van der Waals surface area (Å²) in [4.78, 5) is 4.27. The van der Waals surface area contributed by atoms with Gasteiger partial charge in [0.1, 0.15) is 5.82 Å². The molecular formula is C11H15N3. The summed E-state index contributed by atoms with van der Waals surface area (Å²) in [5.74, 6) is 0.573. The Morgan fingerprint density at radius 1 is 1.21 bits per heavy atom. The molecule has 0 amide bonds. The summed E-state index contributed by atoms with van der Waals surface area (Å²) in [5.41, 5.74) is 7.79. The third-order valence-electron chi connectivity index (χ3n) is 2.29. The topological polar surface area (TPSA) is 43.8 Å². The fourth-order valence-electron chi connectivity index (χ4n) is 1.62. The van der Waals surface area contributed by atoms with Gasteiger partial charge < -0.3 is 10.3 Å². The normalized spacial score (nSPS) is 12.2. The molecule has 0 aliphatic heterocycles. The first-order valence-electron chi connectivity index (χ1n) is 4.72. The molecule has 14 heavy (non-hydrogen) atoms. The highest BCUT2D eigenvalue weighted by Crippen LogP contribution is 2.23. The molecule has 0 saturated heterocycles. The van der Waals surface area contributed by atoms with E-state index in [1.807, 2.05) is 18.2 Å². The molecule has 0 saturated carbocycles. The minimum atomic E-state index is 0.0829. The third kappa shape index (κ3) is 1.35. The van der Waals surface area contributed by atoms with Crippen LogP contribution in [0.5, 0.6) is 0 Å².